The van der Waals surface area contributed by atoms with Gasteiger partial charge in [0, 0.05) is 44.4 Å². The molecule has 4 rings (SSSR count). The molecule has 314 valence electrons. The first kappa shape index (κ1) is 44.3. The van der Waals surface area contributed by atoms with E-state index in [1.54, 1.807) is 6.08 Å². The quantitative estimate of drug-likeness (QED) is 0.0709. The first-order chi connectivity index (χ1) is 27.1. The predicted octanol–water partition coefficient (Wildman–Crippen LogP) is 2.23. The van der Waals surface area contributed by atoms with Crippen molar-refractivity contribution in [3.63, 3.8) is 0 Å². The number of phenols is 1. The van der Waals surface area contributed by atoms with E-state index in [1.807, 2.05) is 31.2 Å². The molecule has 3 aliphatic carbocycles. The highest BCUT2D eigenvalue weighted by molar-refractivity contribution is 5.76. The van der Waals surface area contributed by atoms with Gasteiger partial charge in [0.2, 0.25) is 0 Å². The fourth-order valence-corrected chi connectivity index (χ4v) is 8.77. The number of aliphatic hydroxyl groups excluding tert-OH is 3. The Morgan fingerprint density at radius 1 is 0.667 bits per heavy atom. The van der Waals surface area contributed by atoms with Gasteiger partial charge in [-0.15, -0.1) is 0 Å². The number of aliphatic imine (C=N–C) groups is 4. The summed E-state index contributed by atoms with van der Waals surface area (Å²) in [5.74, 6) is 0.373. The Bertz CT molecular complexity index is 1780. The second-order valence-electron chi connectivity index (χ2n) is 15.8. The van der Waals surface area contributed by atoms with Gasteiger partial charge < -0.3 is 66.3 Å². The second kappa shape index (κ2) is 21.2. The van der Waals surface area contributed by atoms with Gasteiger partial charge in [-0.1, -0.05) is 42.4 Å². The highest BCUT2D eigenvalue weighted by Crippen LogP contribution is 2.46. The summed E-state index contributed by atoms with van der Waals surface area (Å²) >= 11 is 0. The van der Waals surface area contributed by atoms with Crippen LogP contribution in [0.15, 0.2) is 78.6 Å². The summed E-state index contributed by atoms with van der Waals surface area (Å²) in [6.07, 6.45) is 12.3. The van der Waals surface area contributed by atoms with Gasteiger partial charge in [-0.3, -0.25) is 20.0 Å². The van der Waals surface area contributed by atoms with E-state index in [2.05, 4.69) is 20.0 Å². The molecular formula is C41H66N12O4. The first-order valence-electron chi connectivity index (χ1n) is 20.1. The second-order valence-corrected chi connectivity index (χ2v) is 15.8. The van der Waals surface area contributed by atoms with Gasteiger partial charge in [0.25, 0.3) is 0 Å². The van der Waals surface area contributed by atoms with Gasteiger partial charge in [-0.25, -0.2) is 0 Å². The Morgan fingerprint density at radius 2 is 1.19 bits per heavy atom. The average Bonchev–Trinajstić information content (AvgIpc) is 3.13. The minimum Gasteiger partial charge on any atom is -0.512 e. The number of benzene rings is 1. The molecule has 0 radical (unpaired) electrons. The summed E-state index contributed by atoms with van der Waals surface area (Å²) in [5, 5.41) is 46.5. The van der Waals surface area contributed by atoms with Crippen molar-refractivity contribution < 1.29 is 20.4 Å². The molecule has 16 heteroatoms. The van der Waals surface area contributed by atoms with Crippen molar-refractivity contribution in [2.45, 2.75) is 90.1 Å². The number of hydrogen-bond donors (Lipinski definition) is 12. The summed E-state index contributed by atoms with van der Waals surface area (Å²) in [6.45, 7) is 3.72. The molecule has 57 heavy (non-hydrogen) atoms. The molecule has 1 fully saturated rings. The highest BCUT2D eigenvalue weighted by atomic mass is 16.3. The van der Waals surface area contributed by atoms with Crippen LogP contribution in [-0.4, -0.2) is 76.5 Å². The van der Waals surface area contributed by atoms with Crippen molar-refractivity contribution in [2.75, 3.05) is 26.2 Å². The zero-order valence-electron chi connectivity index (χ0n) is 33.4. The third-order valence-corrected chi connectivity index (χ3v) is 11.5. The summed E-state index contributed by atoms with van der Waals surface area (Å²) in [4.78, 5) is 16.7. The van der Waals surface area contributed by atoms with E-state index in [4.69, 9.17) is 45.9 Å². The number of phenolic OH excluding ortho intramolecular Hbond substituents is 1. The van der Waals surface area contributed by atoms with Gasteiger partial charge in [-0.05, 0) is 117 Å². The van der Waals surface area contributed by atoms with Crippen LogP contribution >= 0.6 is 0 Å². The number of guanidine groups is 4. The largest absolute Gasteiger partial charge is 0.512 e. The van der Waals surface area contributed by atoms with Crippen LogP contribution in [0.2, 0.25) is 0 Å². The van der Waals surface area contributed by atoms with E-state index in [-0.39, 0.29) is 64.9 Å². The minimum atomic E-state index is -0.668. The van der Waals surface area contributed by atoms with Crippen molar-refractivity contribution in [3.05, 3.63) is 75.3 Å². The molecule has 0 saturated heterocycles. The molecule has 0 aliphatic heterocycles. The summed E-state index contributed by atoms with van der Waals surface area (Å²) in [6, 6.07) is 3.91. The fraction of sp³-hybridized carbons (Fsp3) is 0.561. The Kier molecular flexibility index (Phi) is 16.5. The number of aromatic hydroxyl groups is 1. The SMILES string of the molecule is CCc1cc(CCN=C(N)N)cc(CC2=C(O)C(CC3CC(CCN=C(N)N)CC(CC4CC(CCN=C(N)N)=CC=C4O)C3O)CC(CCN=C(N)N)=C2)c1O. The third kappa shape index (κ3) is 13.7. The molecule has 0 heterocycles. The van der Waals surface area contributed by atoms with E-state index in [0.29, 0.717) is 101 Å². The van der Waals surface area contributed by atoms with Crippen LogP contribution < -0.4 is 45.9 Å². The lowest BCUT2D eigenvalue weighted by Crippen LogP contribution is -2.40. The van der Waals surface area contributed by atoms with Crippen LogP contribution in [0.5, 0.6) is 5.75 Å². The smallest absolute Gasteiger partial charge is 0.185 e. The monoisotopic (exact) mass is 791 g/mol. The lowest BCUT2D eigenvalue weighted by atomic mass is 9.65. The number of allylic oxidation sites excluding steroid dienone is 6. The first-order valence-corrected chi connectivity index (χ1v) is 20.1. The zero-order chi connectivity index (χ0) is 41.6. The summed E-state index contributed by atoms with van der Waals surface area (Å²) in [7, 11) is 0. The van der Waals surface area contributed by atoms with Crippen LogP contribution in [0.3, 0.4) is 0 Å². The van der Waals surface area contributed by atoms with Gasteiger partial charge in [0.1, 0.15) is 5.75 Å². The fourth-order valence-electron chi connectivity index (χ4n) is 8.77. The number of hydrogen-bond acceptors (Lipinski definition) is 8. The molecule has 0 bridgehead atoms. The molecule has 3 aliphatic rings. The van der Waals surface area contributed by atoms with E-state index in [9.17, 15) is 20.4 Å². The van der Waals surface area contributed by atoms with Crippen LogP contribution in [0.1, 0.15) is 81.4 Å². The molecule has 1 aromatic rings. The minimum absolute atomic E-state index is 0.00879. The van der Waals surface area contributed by atoms with Crippen molar-refractivity contribution >= 4 is 23.8 Å². The Balaban J connectivity index is 1.62. The molecule has 6 atom stereocenters. The maximum absolute atomic E-state index is 12.1. The van der Waals surface area contributed by atoms with Gasteiger partial charge in [0.15, 0.2) is 23.8 Å². The highest BCUT2D eigenvalue weighted by Gasteiger charge is 2.40. The summed E-state index contributed by atoms with van der Waals surface area (Å²) in [5.41, 5.74) is 50.2. The molecule has 0 aromatic heterocycles. The van der Waals surface area contributed by atoms with Crippen LogP contribution in [-0.2, 0) is 19.3 Å². The maximum Gasteiger partial charge on any atom is 0.185 e. The molecular weight excluding hydrogens is 725 g/mol. The van der Waals surface area contributed by atoms with Crippen molar-refractivity contribution in [1.82, 2.24) is 0 Å². The molecule has 6 unspecified atom stereocenters. The van der Waals surface area contributed by atoms with E-state index in [1.165, 1.54) is 0 Å². The Morgan fingerprint density at radius 3 is 1.79 bits per heavy atom. The topological polar surface area (TPSA) is 339 Å². The average molecular weight is 791 g/mol. The molecule has 0 amide bonds. The zero-order valence-corrected chi connectivity index (χ0v) is 33.4. The maximum atomic E-state index is 12.1. The van der Waals surface area contributed by atoms with Crippen LogP contribution in [0, 0.1) is 29.6 Å². The van der Waals surface area contributed by atoms with Crippen LogP contribution in [0.25, 0.3) is 0 Å². The van der Waals surface area contributed by atoms with Gasteiger partial charge in [0.05, 0.1) is 17.6 Å². The number of nitrogens with zero attached hydrogens (tertiary/aromatic N) is 4. The molecule has 20 N–H and O–H groups in total. The van der Waals surface area contributed by atoms with Gasteiger partial charge in [-0.2, -0.15) is 0 Å². The Hall–Kier alpha value is -5.38. The molecule has 1 aromatic carbocycles. The predicted molar refractivity (Wildman–Crippen MR) is 229 cm³/mol. The lowest BCUT2D eigenvalue weighted by Gasteiger charge is -2.42. The third-order valence-electron chi connectivity index (χ3n) is 11.5. The van der Waals surface area contributed by atoms with Crippen molar-refractivity contribution in [2.24, 2.45) is 95.4 Å². The van der Waals surface area contributed by atoms with Crippen LogP contribution in [0.4, 0.5) is 0 Å². The normalized spacial score (nSPS) is 23.4. The number of aliphatic hydroxyl groups is 3. The Labute approximate surface area is 336 Å². The number of aryl methyl sites for hydroxylation is 1. The lowest BCUT2D eigenvalue weighted by molar-refractivity contribution is -0.0239. The standard InChI is InChI=1S/C41H66N12O4/c1-2-27-14-24(6-10-51-39(44)45)15-30(35(27)55)21-31-18-26(8-12-53-41(48)49)19-33(37(31)57)22-32-17-25(7-11-52-40(46)47)16-29(36(32)56)20-28-13-23(3-4-34(28)54)5-9-50-38(42)43/h3-4,14-15,18,25,28-29,32-33,36,54-57H,2,5-13,16-17,19-22H2,1H3,(H4,42,43,50)(H4,44,45,51)(H4,46,47,52)(H4,48,49,53). The summed E-state index contributed by atoms with van der Waals surface area (Å²) < 4.78 is 0. The van der Waals surface area contributed by atoms with Crippen molar-refractivity contribution in [1.29, 1.82) is 0 Å². The molecule has 16 nitrogen and oxygen atoms in total. The van der Waals surface area contributed by atoms with E-state index < -0.39 is 6.10 Å². The van der Waals surface area contributed by atoms with E-state index >= 15 is 0 Å². The van der Waals surface area contributed by atoms with Crippen molar-refractivity contribution in [3.8, 4) is 5.75 Å². The molecule has 1 saturated carbocycles. The number of rotatable bonds is 19. The van der Waals surface area contributed by atoms with Gasteiger partial charge >= 0.3 is 0 Å². The van der Waals surface area contributed by atoms with E-state index in [0.717, 1.165) is 41.5 Å². The number of nitrogens with two attached hydrogens (primary N) is 8. The molecule has 0 spiro atoms.